The van der Waals surface area contributed by atoms with Crippen LogP contribution >= 0.6 is 0 Å². The van der Waals surface area contributed by atoms with E-state index in [9.17, 15) is 36.2 Å². The number of esters is 1. The van der Waals surface area contributed by atoms with Gasteiger partial charge in [0.2, 0.25) is 0 Å². The van der Waals surface area contributed by atoms with Gasteiger partial charge in [-0.05, 0) is 56.3 Å². The third-order valence-electron chi connectivity index (χ3n) is 7.09. The molecule has 3 fully saturated rings. The Labute approximate surface area is 151 Å². The number of ether oxygens (including phenoxy) is 1. The van der Waals surface area contributed by atoms with Crippen LogP contribution in [0.2, 0.25) is 0 Å². The van der Waals surface area contributed by atoms with Crippen LogP contribution in [0.3, 0.4) is 0 Å². The van der Waals surface area contributed by atoms with Crippen LogP contribution in [0.1, 0.15) is 38.5 Å². The summed E-state index contributed by atoms with van der Waals surface area (Å²) in [6, 6.07) is 0. The number of rotatable bonds is 3. The molecule has 0 heterocycles. The number of carbonyl (C=O) groups is 1. The van der Waals surface area contributed by atoms with Crippen LogP contribution in [0.15, 0.2) is 12.2 Å². The van der Waals surface area contributed by atoms with Crippen LogP contribution in [-0.4, -0.2) is 34.6 Å². The summed E-state index contributed by atoms with van der Waals surface area (Å²) in [7, 11) is 0. The Hall–Kier alpha value is -1.25. The lowest BCUT2D eigenvalue weighted by Gasteiger charge is -2.49. The number of hydrogen-bond donors (Lipinski definition) is 1. The van der Waals surface area contributed by atoms with Gasteiger partial charge in [0.15, 0.2) is 5.60 Å². The van der Waals surface area contributed by atoms with Gasteiger partial charge in [0.1, 0.15) is 0 Å². The van der Waals surface area contributed by atoms with Gasteiger partial charge in [-0.2, -0.15) is 26.3 Å². The number of aliphatic hydroxyl groups is 1. The summed E-state index contributed by atoms with van der Waals surface area (Å²) < 4.78 is 86.9. The van der Waals surface area contributed by atoms with Gasteiger partial charge in [0, 0.05) is 5.92 Å². The van der Waals surface area contributed by atoms with E-state index < -0.39 is 53.7 Å². The molecule has 0 radical (unpaired) electrons. The summed E-state index contributed by atoms with van der Waals surface area (Å²) in [6.45, 7) is 0. The van der Waals surface area contributed by atoms with Gasteiger partial charge in [0.25, 0.3) is 5.60 Å². The first kappa shape index (κ1) is 19.1. The quantitative estimate of drug-likeness (QED) is 0.441. The van der Waals surface area contributed by atoms with E-state index in [-0.39, 0.29) is 24.7 Å². The second kappa shape index (κ2) is 5.64. The third-order valence-corrected chi connectivity index (χ3v) is 7.09. The number of allylic oxidation sites excluding steroid dienone is 2. The SMILES string of the molecule is O=C(OC1(C(O)(C(F)(F)F)C(F)(F)F)CC2CCC1C2)C1CC2C=CC1C2. The zero-order valence-corrected chi connectivity index (χ0v) is 14.3. The van der Waals surface area contributed by atoms with Crippen LogP contribution in [0.25, 0.3) is 0 Å². The number of halogens is 6. The van der Waals surface area contributed by atoms with Crippen molar-refractivity contribution < 1.29 is 41.0 Å². The molecule has 3 nitrogen and oxygen atoms in total. The van der Waals surface area contributed by atoms with Crippen molar-refractivity contribution in [3.63, 3.8) is 0 Å². The van der Waals surface area contributed by atoms with Crippen LogP contribution in [0.4, 0.5) is 26.3 Å². The van der Waals surface area contributed by atoms with E-state index >= 15 is 0 Å². The molecule has 0 aliphatic heterocycles. The van der Waals surface area contributed by atoms with Crippen molar-refractivity contribution in [3.8, 4) is 0 Å². The third kappa shape index (κ3) is 2.49. The lowest BCUT2D eigenvalue weighted by molar-refractivity contribution is -0.419. The maximum absolute atomic E-state index is 13.6. The predicted molar refractivity (Wildman–Crippen MR) is 80.2 cm³/mol. The molecule has 0 aromatic heterocycles. The van der Waals surface area contributed by atoms with Crippen molar-refractivity contribution in [2.75, 3.05) is 0 Å². The minimum atomic E-state index is -6.01. The highest BCUT2D eigenvalue weighted by atomic mass is 19.4. The van der Waals surface area contributed by atoms with Gasteiger partial charge in [-0.3, -0.25) is 4.79 Å². The molecule has 4 aliphatic rings. The van der Waals surface area contributed by atoms with Gasteiger partial charge in [-0.25, -0.2) is 0 Å². The smallest absolute Gasteiger partial charge is 0.430 e. The van der Waals surface area contributed by atoms with Crippen molar-refractivity contribution in [3.05, 3.63) is 12.2 Å². The lowest BCUT2D eigenvalue weighted by Crippen LogP contribution is -2.73. The highest BCUT2D eigenvalue weighted by Crippen LogP contribution is 2.64. The standard InChI is InChI=1S/C18H20F6O3/c19-17(20,21)16(26,18(22,23)24)15(8-10-2-4-12(15)6-10)27-14(25)13-7-9-1-3-11(13)5-9/h1,3,9-13,26H,2,4-8H2. The van der Waals surface area contributed by atoms with E-state index in [1.807, 2.05) is 6.08 Å². The molecule has 0 amide bonds. The van der Waals surface area contributed by atoms with Crippen molar-refractivity contribution >= 4 is 5.97 Å². The molecule has 0 saturated heterocycles. The normalized spacial score (nSPS) is 40.8. The lowest BCUT2D eigenvalue weighted by atomic mass is 9.70. The maximum atomic E-state index is 13.6. The topological polar surface area (TPSA) is 46.5 Å². The van der Waals surface area contributed by atoms with Crippen LogP contribution < -0.4 is 0 Å². The Balaban J connectivity index is 1.73. The second-order valence-corrected chi connectivity index (χ2v) is 8.48. The van der Waals surface area contributed by atoms with E-state index in [1.54, 1.807) is 6.08 Å². The molecule has 9 heteroatoms. The zero-order chi connectivity index (χ0) is 19.8. The molecular weight excluding hydrogens is 378 g/mol. The van der Waals surface area contributed by atoms with Crippen molar-refractivity contribution in [2.24, 2.45) is 29.6 Å². The molecule has 0 spiro atoms. The molecule has 0 aromatic rings. The van der Waals surface area contributed by atoms with Gasteiger partial charge in [-0.1, -0.05) is 12.2 Å². The highest BCUT2D eigenvalue weighted by Gasteiger charge is 2.84. The van der Waals surface area contributed by atoms with Crippen molar-refractivity contribution in [2.45, 2.75) is 62.1 Å². The maximum Gasteiger partial charge on any atom is 0.430 e. The Morgan fingerprint density at radius 1 is 1.00 bits per heavy atom. The Kier molecular flexibility index (Phi) is 3.99. The van der Waals surface area contributed by atoms with Crippen molar-refractivity contribution in [1.29, 1.82) is 0 Å². The second-order valence-electron chi connectivity index (χ2n) is 8.48. The molecule has 1 N–H and O–H groups in total. The molecule has 4 rings (SSSR count). The number of alkyl halides is 6. The summed E-state index contributed by atoms with van der Waals surface area (Å²) in [5.74, 6) is -3.49. The van der Waals surface area contributed by atoms with Gasteiger partial charge in [-0.15, -0.1) is 0 Å². The number of fused-ring (bicyclic) bond motifs is 4. The Morgan fingerprint density at radius 2 is 1.67 bits per heavy atom. The molecule has 27 heavy (non-hydrogen) atoms. The summed E-state index contributed by atoms with van der Waals surface area (Å²) in [5, 5.41) is 10.1. The first-order chi connectivity index (χ1) is 12.4. The van der Waals surface area contributed by atoms with E-state index in [1.165, 1.54) is 0 Å². The molecule has 4 bridgehead atoms. The first-order valence-corrected chi connectivity index (χ1v) is 9.16. The molecule has 3 saturated carbocycles. The monoisotopic (exact) mass is 398 g/mol. The van der Waals surface area contributed by atoms with E-state index in [2.05, 4.69) is 0 Å². The molecule has 152 valence electrons. The molecular formula is C18H20F6O3. The minimum absolute atomic E-state index is 0.0725. The van der Waals surface area contributed by atoms with E-state index in [0.717, 1.165) is 0 Å². The number of hydrogen-bond acceptors (Lipinski definition) is 3. The Bertz CT molecular complexity index is 655. The fraction of sp³-hybridized carbons (Fsp3) is 0.833. The molecule has 0 aromatic carbocycles. The van der Waals surface area contributed by atoms with Crippen LogP contribution in [0, 0.1) is 29.6 Å². The largest absolute Gasteiger partial charge is 0.455 e. The first-order valence-electron chi connectivity index (χ1n) is 9.16. The molecule has 4 aliphatic carbocycles. The van der Waals surface area contributed by atoms with E-state index in [0.29, 0.717) is 19.3 Å². The van der Waals surface area contributed by atoms with Crippen LogP contribution in [-0.2, 0) is 9.53 Å². The fourth-order valence-electron chi connectivity index (χ4n) is 5.87. The fourth-order valence-corrected chi connectivity index (χ4v) is 5.87. The van der Waals surface area contributed by atoms with Crippen LogP contribution in [0.5, 0.6) is 0 Å². The van der Waals surface area contributed by atoms with Crippen molar-refractivity contribution in [1.82, 2.24) is 0 Å². The minimum Gasteiger partial charge on any atom is -0.455 e. The zero-order valence-electron chi connectivity index (χ0n) is 14.3. The van der Waals surface area contributed by atoms with E-state index in [4.69, 9.17) is 4.74 Å². The number of carbonyl (C=O) groups excluding carboxylic acids is 1. The average molecular weight is 398 g/mol. The summed E-state index contributed by atoms with van der Waals surface area (Å²) >= 11 is 0. The summed E-state index contributed by atoms with van der Waals surface area (Å²) in [6.07, 6.45) is -7.29. The summed E-state index contributed by atoms with van der Waals surface area (Å²) in [5.41, 5.74) is -8.08. The summed E-state index contributed by atoms with van der Waals surface area (Å²) in [4.78, 5) is 12.7. The van der Waals surface area contributed by atoms with Gasteiger partial charge in [0.05, 0.1) is 5.92 Å². The predicted octanol–water partition coefficient (Wildman–Crippen LogP) is 4.16. The van der Waals surface area contributed by atoms with Gasteiger partial charge < -0.3 is 9.84 Å². The van der Waals surface area contributed by atoms with Gasteiger partial charge >= 0.3 is 18.3 Å². The average Bonchev–Trinajstić information content (AvgIpc) is 3.31. The molecule has 6 unspecified atom stereocenters. The molecule has 6 atom stereocenters. The Morgan fingerprint density at radius 3 is 2.07 bits per heavy atom. The highest BCUT2D eigenvalue weighted by molar-refractivity contribution is 5.75.